The number of benzene rings is 2. The minimum atomic E-state index is 0.319. The Bertz CT molecular complexity index is 1220. The molecule has 0 bridgehead atoms. The summed E-state index contributed by atoms with van der Waals surface area (Å²) in [6.45, 7) is 2.90. The van der Waals surface area contributed by atoms with Crippen LogP contribution in [0.2, 0.25) is 5.15 Å². The molecular formula is C23H22ClN5O. The van der Waals surface area contributed by atoms with Crippen molar-refractivity contribution in [2.24, 2.45) is 0 Å². The predicted octanol–water partition coefficient (Wildman–Crippen LogP) is 5.27. The number of hydrogen-bond donors (Lipinski definition) is 2. The van der Waals surface area contributed by atoms with E-state index in [1.54, 1.807) is 24.5 Å². The lowest BCUT2D eigenvalue weighted by Crippen LogP contribution is -2.29. The molecule has 7 heteroatoms. The Morgan fingerprint density at radius 1 is 0.967 bits per heavy atom. The van der Waals surface area contributed by atoms with Crippen molar-refractivity contribution in [3.05, 3.63) is 59.5 Å². The summed E-state index contributed by atoms with van der Waals surface area (Å²) in [5, 5.41) is 15.1. The van der Waals surface area contributed by atoms with Gasteiger partial charge in [-0.15, -0.1) is 0 Å². The maximum atomic E-state index is 10.4. The normalized spacial score (nSPS) is 15.0. The number of phenolic OH excluding ortho intramolecular Hbond substituents is 1. The Morgan fingerprint density at radius 2 is 1.77 bits per heavy atom. The zero-order chi connectivity index (χ0) is 20.5. The van der Waals surface area contributed by atoms with E-state index in [9.17, 15) is 5.11 Å². The SMILES string of the molecule is Oc1ccc(Nc2cc(Cl)nc3ccc4nccnc4c23)cc1CN1CCCCC1. The van der Waals surface area contributed by atoms with Gasteiger partial charge in [0, 0.05) is 30.2 Å². The van der Waals surface area contributed by atoms with Crippen molar-refractivity contribution in [3.63, 3.8) is 0 Å². The van der Waals surface area contributed by atoms with Gasteiger partial charge in [-0.05, 0) is 62.3 Å². The van der Waals surface area contributed by atoms with E-state index in [0.29, 0.717) is 10.9 Å². The van der Waals surface area contributed by atoms with E-state index in [4.69, 9.17) is 11.6 Å². The lowest BCUT2D eigenvalue weighted by atomic mass is 10.1. The number of halogens is 1. The smallest absolute Gasteiger partial charge is 0.131 e. The van der Waals surface area contributed by atoms with Crippen LogP contribution in [0.25, 0.3) is 21.9 Å². The molecule has 0 radical (unpaired) electrons. The lowest BCUT2D eigenvalue weighted by molar-refractivity contribution is 0.218. The molecule has 0 amide bonds. The number of phenols is 1. The molecule has 0 saturated carbocycles. The maximum Gasteiger partial charge on any atom is 0.131 e. The fourth-order valence-corrected chi connectivity index (χ4v) is 4.33. The van der Waals surface area contributed by atoms with Crippen LogP contribution in [-0.2, 0) is 6.54 Å². The third kappa shape index (κ3) is 3.76. The standard InChI is InChI=1S/C23H22ClN5O/c24-21-13-19(22-17(28-21)5-6-18-23(22)26-9-8-25-18)27-16-4-7-20(30)15(12-16)14-29-10-2-1-3-11-29/h4-9,12-13,30H,1-3,10-11,14H2,(H,27,28). The number of fused-ring (bicyclic) bond motifs is 3. The number of aromatic hydroxyl groups is 1. The second kappa shape index (κ2) is 8.05. The summed E-state index contributed by atoms with van der Waals surface area (Å²) in [5.41, 5.74) is 4.93. The first-order chi connectivity index (χ1) is 14.7. The van der Waals surface area contributed by atoms with Crippen LogP contribution in [0.4, 0.5) is 11.4 Å². The number of hydrogen-bond acceptors (Lipinski definition) is 6. The maximum absolute atomic E-state index is 10.4. The van der Waals surface area contributed by atoms with Gasteiger partial charge in [0.05, 0.1) is 22.1 Å². The average molecular weight is 420 g/mol. The Hall–Kier alpha value is -2.96. The number of anilines is 2. The molecule has 1 aliphatic rings. The number of nitrogens with one attached hydrogen (secondary N) is 1. The summed E-state index contributed by atoms with van der Waals surface area (Å²) in [4.78, 5) is 15.8. The first-order valence-electron chi connectivity index (χ1n) is 10.2. The number of rotatable bonds is 4. The highest BCUT2D eigenvalue weighted by Crippen LogP contribution is 2.34. The first-order valence-corrected chi connectivity index (χ1v) is 10.6. The van der Waals surface area contributed by atoms with Crippen LogP contribution >= 0.6 is 11.6 Å². The van der Waals surface area contributed by atoms with Crippen LogP contribution < -0.4 is 5.32 Å². The minimum absolute atomic E-state index is 0.319. The predicted molar refractivity (Wildman–Crippen MR) is 120 cm³/mol. The van der Waals surface area contributed by atoms with Gasteiger partial charge in [0.1, 0.15) is 16.4 Å². The number of likely N-dealkylation sites (tertiary alicyclic amines) is 1. The number of piperidine rings is 1. The van der Waals surface area contributed by atoms with Gasteiger partial charge in [0.15, 0.2) is 0 Å². The molecule has 0 aliphatic carbocycles. The van der Waals surface area contributed by atoms with Crippen molar-refractivity contribution >= 4 is 44.9 Å². The molecule has 30 heavy (non-hydrogen) atoms. The second-order valence-corrected chi connectivity index (χ2v) is 8.07. The summed E-state index contributed by atoms with van der Waals surface area (Å²) in [7, 11) is 0. The van der Waals surface area contributed by atoms with Gasteiger partial charge in [0.25, 0.3) is 0 Å². The molecule has 4 aromatic rings. The van der Waals surface area contributed by atoms with E-state index < -0.39 is 0 Å². The van der Waals surface area contributed by atoms with Crippen LogP contribution in [-0.4, -0.2) is 38.0 Å². The third-order valence-corrected chi connectivity index (χ3v) is 5.77. The van der Waals surface area contributed by atoms with Gasteiger partial charge in [-0.1, -0.05) is 18.0 Å². The molecule has 152 valence electrons. The van der Waals surface area contributed by atoms with E-state index in [1.807, 2.05) is 24.3 Å². The van der Waals surface area contributed by atoms with Crippen LogP contribution in [0.1, 0.15) is 24.8 Å². The molecule has 2 aromatic carbocycles. The quantitative estimate of drug-likeness (QED) is 0.267. The van der Waals surface area contributed by atoms with Crippen molar-refractivity contribution in [3.8, 4) is 5.75 Å². The molecule has 1 fully saturated rings. The van der Waals surface area contributed by atoms with Crippen LogP contribution in [0.15, 0.2) is 48.8 Å². The van der Waals surface area contributed by atoms with E-state index in [-0.39, 0.29) is 0 Å². The van der Waals surface area contributed by atoms with Gasteiger partial charge < -0.3 is 10.4 Å². The van der Waals surface area contributed by atoms with Crippen LogP contribution in [0.3, 0.4) is 0 Å². The molecule has 0 spiro atoms. The molecule has 6 nitrogen and oxygen atoms in total. The second-order valence-electron chi connectivity index (χ2n) is 7.68. The highest BCUT2D eigenvalue weighted by atomic mass is 35.5. The minimum Gasteiger partial charge on any atom is -0.508 e. The third-order valence-electron chi connectivity index (χ3n) is 5.58. The molecule has 0 unspecified atom stereocenters. The van der Waals surface area contributed by atoms with Gasteiger partial charge in [-0.25, -0.2) is 4.98 Å². The fourth-order valence-electron chi connectivity index (χ4n) is 4.13. The van der Waals surface area contributed by atoms with Crippen molar-refractivity contribution < 1.29 is 5.11 Å². The molecule has 0 atom stereocenters. The first kappa shape index (κ1) is 19.0. The van der Waals surface area contributed by atoms with Crippen molar-refractivity contribution in [1.82, 2.24) is 19.9 Å². The summed E-state index contributed by atoms with van der Waals surface area (Å²) >= 11 is 6.29. The van der Waals surface area contributed by atoms with Gasteiger partial charge in [-0.3, -0.25) is 14.9 Å². The lowest BCUT2D eigenvalue weighted by Gasteiger charge is -2.26. The Labute approximate surface area is 179 Å². The summed E-state index contributed by atoms with van der Waals surface area (Å²) in [5.74, 6) is 0.319. The van der Waals surface area contributed by atoms with Crippen molar-refractivity contribution in [1.29, 1.82) is 0 Å². The summed E-state index contributed by atoms with van der Waals surface area (Å²) in [6, 6.07) is 11.2. The summed E-state index contributed by atoms with van der Waals surface area (Å²) < 4.78 is 0. The highest BCUT2D eigenvalue weighted by molar-refractivity contribution is 6.30. The van der Waals surface area contributed by atoms with Crippen molar-refractivity contribution in [2.45, 2.75) is 25.8 Å². The molecule has 2 N–H and O–H groups in total. The van der Waals surface area contributed by atoms with E-state index >= 15 is 0 Å². The fraction of sp³-hybridized carbons (Fsp3) is 0.261. The Balaban J connectivity index is 1.54. The number of pyridine rings is 1. The van der Waals surface area contributed by atoms with E-state index in [1.165, 1.54) is 19.3 Å². The zero-order valence-electron chi connectivity index (χ0n) is 16.5. The Morgan fingerprint density at radius 3 is 2.63 bits per heavy atom. The number of nitrogens with zero attached hydrogens (tertiary/aromatic N) is 4. The topological polar surface area (TPSA) is 74.2 Å². The molecule has 3 heterocycles. The number of aromatic nitrogens is 3. The van der Waals surface area contributed by atoms with Crippen molar-refractivity contribution in [2.75, 3.05) is 18.4 Å². The monoisotopic (exact) mass is 419 g/mol. The van der Waals surface area contributed by atoms with Gasteiger partial charge >= 0.3 is 0 Å². The molecular weight excluding hydrogens is 398 g/mol. The van der Waals surface area contributed by atoms with Gasteiger partial charge in [0.2, 0.25) is 0 Å². The van der Waals surface area contributed by atoms with Crippen LogP contribution in [0, 0.1) is 0 Å². The largest absolute Gasteiger partial charge is 0.508 e. The highest BCUT2D eigenvalue weighted by Gasteiger charge is 2.15. The van der Waals surface area contributed by atoms with E-state index in [0.717, 1.165) is 58.5 Å². The Kier molecular flexibility index (Phi) is 5.11. The molecule has 2 aromatic heterocycles. The summed E-state index contributed by atoms with van der Waals surface area (Å²) in [6.07, 6.45) is 7.08. The molecule has 1 aliphatic heterocycles. The van der Waals surface area contributed by atoms with Crippen LogP contribution in [0.5, 0.6) is 5.75 Å². The van der Waals surface area contributed by atoms with Gasteiger partial charge in [-0.2, -0.15) is 0 Å². The molecule has 1 saturated heterocycles. The van der Waals surface area contributed by atoms with E-state index in [2.05, 4.69) is 25.2 Å². The zero-order valence-corrected chi connectivity index (χ0v) is 17.2. The molecule has 5 rings (SSSR count). The average Bonchev–Trinajstić information content (AvgIpc) is 2.76.